The van der Waals surface area contributed by atoms with E-state index in [0.29, 0.717) is 12.2 Å². The summed E-state index contributed by atoms with van der Waals surface area (Å²) in [5.74, 6) is 0.835. The molecule has 1 saturated carbocycles. The molecule has 0 radical (unpaired) electrons. The summed E-state index contributed by atoms with van der Waals surface area (Å²) in [4.78, 5) is 26.1. The van der Waals surface area contributed by atoms with Crippen molar-refractivity contribution in [3.63, 3.8) is 0 Å². The quantitative estimate of drug-likeness (QED) is 0.704. The van der Waals surface area contributed by atoms with Crippen LogP contribution in [0.5, 0.6) is 0 Å². The zero-order valence-electron chi connectivity index (χ0n) is 11.5. The van der Waals surface area contributed by atoms with Gasteiger partial charge in [0.25, 0.3) is 0 Å². The standard InChI is InChI=1S/C15H25NO2/c1-2-3-4-10-15(18)16-11-6-8-13(16)12-7-5-9-14(12)17/h12-13H,2-11H2,1H3. The summed E-state index contributed by atoms with van der Waals surface area (Å²) >= 11 is 0. The molecule has 0 N–H and O–H groups in total. The summed E-state index contributed by atoms with van der Waals surface area (Å²) in [6, 6.07) is 0.231. The SMILES string of the molecule is CCCCCC(=O)N1CCCC1C1CCCC1=O. The van der Waals surface area contributed by atoms with Crippen LogP contribution in [0, 0.1) is 5.92 Å². The molecule has 102 valence electrons. The van der Waals surface area contributed by atoms with Crippen LogP contribution >= 0.6 is 0 Å². The monoisotopic (exact) mass is 251 g/mol. The van der Waals surface area contributed by atoms with E-state index >= 15 is 0 Å². The summed E-state index contributed by atoms with van der Waals surface area (Å²) < 4.78 is 0. The molecule has 1 aliphatic carbocycles. The van der Waals surface area contributed by atoms with Gasteiger partial charge in [-0.1, -0.05) is 19.8 Å². The molecule has 0 aromatic carbocycles. The van der Waals surface area contributed by atoms with Crippen LogP contribution in [-0.2, 0) is 9.59 Å². The smallest absolute Gasteiger partial charge is 0.222 e. The third-order valence-corrected chi connectivity index (χ3v) is 4.43. The Morgan fingerprint density at radius 3 is 2.78 bits per heavy atom. The number of likely N-dealkylation sites (tertiary alicyclic amines) is 1. The molecule has 18 heavy (non-hydrogen) atoms. The van der Waals surface area contributed by atoms with Gasteiger partial charge in [0.1, 0.15) is 5.78 Å². The first-order valence-corrected chi connectivity index (χ1v) is 7.56. The summed E-state index contributed by atoms with van der Waals surface area (Å²) in [5, 5.41) is 0. The first-order valence-electron chi connectivity index (χ1n) is 7.56. The molecule has 2 rings (SSSR count). The van der Waals surface area contributed by atoms with Crippen molar-refractivity contribution in [1.82, 2.24) is 4.90 Å². The van der Waals surface area contributed by atoms with Crippen LogP contribution in [0.2, 0.25) is 0 Å². The molecule has 2 atom stereocenters. The highest BCUT2D eigenvalue weighted by molar-refractivity contribution is 5.85. The number of nitrogens with zero attached hydrogens (tertiary/aromatic N) is 1. The van der Waals surface area contributed by atoms with Gasteiger partial charge < -0.3 is 4.90 Å². The highest BCUT2D eigenvalue weighted by atomic mass is 16.2. The van der Waals surface area contributed by atoms with E-state index in [9.17, 15) is 9.59 Å². The van der Waals surface area contributed by atoms with Crippen LogP contribution in [-0.4, -0.2) is 29.2 Å². The number of Topliss-reactive ketones (excluding diaryl/α,β-unsaturated/α-hetero) is 1. The fourth-order valence-electron chi connectivity index (χ4n) is 3.44. The Bertz CT molecular complexity index is 314. The number of amides is 1. The second-order valence-electron chi connectivity index (χ2n) is 5.72. The molecule has 0 aromatic rings. The minimum absolute atomic E-state index is 0.155. The second kappa shape index (κ2) is 6.35. The van der Waals surface area contributed by atoms with E-state index in [0.717, 1.165) is 57.9 Å². The van der Waals surface area contributed by atoms with Crippen molar-refractivity contribution in [3.8, 4) is 0 Å². The highest BCUT2D eigenvalue weighted by Gasteiger charge is 2.39. The molecule has 1 heterocycles. The van der Waals surface area contributed by atoms with Gasteiger partial charge in [-0.2, -0.15) is 0 Å². The Balaban J connectivity index is 1.90. The Morgan fingerprint density at radius 1 is 1.28 bits per heavy atom. The first kappa shape index (κ1) is 13.6. The molecular formula is C15H25NO2. The number of carbonyl (C=O) groups excluding carboxylic acids is 2. The van der Waals surface area contributed by atoms with Gasteiger partial charge in [-0.15, -0.1) is 0 Å². The molecule has 2 unspecified atom stereocenters. The fourth-order valence-corrected chi connectivity index (χ4v) is 3.44. The van der Waals surface area contributed by atoms with Gasteiger partial charge >= 0.3 is 0 Å². The fraction of sp³-hybridized carbons (Fsp3) is 0.867. The lowest BCUT2D eigenvalue weighted by Gasteiger charge is -2.28. The predicted molar refractivity (Wildman–Crippen MR) is 71.2 cm³/mol. The Kier molecular flexibility index (Phi) is 4.79. The van der Waals surface area contributed by atoms with E-state index in [1.54, 1.807) is 0 Å². The zero-order valence-corrected chi connectivity index (χ0v) is 11.5. The summed E-state index contributed by atoms with van der Waals surface area (Å²) in [6.07, 6.45) is 8.83. The van der Waals surface area contributed by atoms with E-state index < -0.39 is 0 Å². The number of hydrogen-bond donors (Lipinski definition) is 0. The number of rotatable bonds is 5. The lowest BCUT2D eigenvalue weighted by molar-refractivity contribution is -0.134. The van der Waals surface area contributed by atoms with Crippen molar-refractivity contribution in [3.05, 3.63) is 0 Å². The minimum Gasteiger partial charge on any atom is -0.339 e. The second-order valence-corrected chi connectivity index (χ2v) is 5.72. The third kappa shape index (κ3) is 2.93. The Labute approximate surface area is 110 Å². The summed E-state index contributed by atoms with van der Waals surface area (Å²) in [7, 11) is 0. The maximum absolute atomic E-state index is 12.2. The van der Waals surface area contributed by atoms with E-state index in [1.807, 2.05) is 4.90 Å². The van der Waals surface area contributed by atoms with E-state index in [-0.39, 0.29) is 17.9 Å². The molecule has 1 saturated heterocycles. The van der Waals surface area contributed by atoms with Crippen molar-refractivity contribution in [2.45, 2.75) is 70.8 Å². The first-order chi connectivity index (χ1) is 8.74. The minimum atomic E-state index is 0.155. The van der Waals surface area contributed by atoms with Gasteiger partial charge in [0.15, 0.2) is 0 Å². The number of unbranched alkanes of at least 4 members (excludes halogenated alkanes) is 2. The molecule has 2 fully saturated rings. The Morgan fingerprint density at radius 2 is 2.11 bits per heavy atom. The maximum atomic E-state index is 12.2. The molecule has 1 aliphatic heterocycles. The van der Waals surface area contributed by atoms with E-state index in [2.05, 4.69) is 6.92 Å². The van der Waals surface area contributed by atoms with Crippen molar-refractivity contribution >= 4 is 11.7 Å². The molecule has 3 nitrogen and oxygen atoms in total. The topological polar surface area (TPSA) is 37.4 Å². The van der Waals surface area contributed by atoms with Crippen LogP contribution in [0.15, 0.2) is 0 Å². The summed E-state index contributed by atoms with van der Waals surface area (Å²) in [6.45, 7) is 3.03. The lowest BCUT2D eigenvalue weighted by Crippen LogP contribution is -2.41. The van der Waals surface area contributed by atoms with Crippen molar-refractivity contribution in [1.29, 1.82) is 0 Å². The number of hydrogen-bond acceptors (Lipinski definition) is 2. The zero-order chi connectivity index (χ0) is 13.0. The van der Waals surface area contributed by atoms with Crippen LogP contribution in [0.3, 0.4) is 0 Å². The molecule has 0 bridgehead atoms. The number of ketones is 1. The van der Waals surface area contributed by atoms with Crippen molar-refractivity contribution in [2.75, 3.05) is 6.54 Å². The maximum Gasteiger partial charge on any atom is 0.222 e. The molecule has 2 aliphatic rings. The third-order valence-electron chi connectivity index (χ3n) is 4.43. The Hall–Kier alpha value is -0.860. The van der Waals surface area contributed by atoms with Crippen molar-refractivity contribution in [2.24, 2.45) is 5.92 Å². The average Bonchev–Trinajstić information content (AvgIpc) is 2.97. The largest absolute Gasteiger partial charge is 0.339 e. The van der Waals surface area contributed by atoms with E-state index in [4.69, 9.17) is 0 Å². The van der Waals surface area contributed by atoms with Crippen LogP contribution < -0.4 is 0 Å². The summed E-state index contributed by atoms with van der Waals surface area (Å²) in [5.41, 5.74) is 0. The highest BCUT2D eigenvalue weighted by Crippen LogP contribution is 2.33. The molecule has 1 amide bonds. The van der Waals surface area contributed by atoms with Gasteiger partial charge in [0, 0.05) is 31.3 Å². The van der Waals surface area contributed by atoms with Crippen LogP contribution in [0.1, 0.15) is 64.7 Å². The average molecular weight is 251 g/mol. The van der Waals surface area contributed by atoms with Gasteiger partial charge in [-0.3, -0.25) is 9.59 Å². The van der Waals surface area contributed by atoms with Crippen molar-refractivity contribution < 1.29 is 9.59 Å². The van der Waals surface area contributed by atoms with Gasteiger partial charge in [0.2, 0.25) is 5.91 Å². The molecule has 0 aromatic heterocycles. The molecule has 0 spiro atoms. The van der Waals surface area contributed by atoms with E-state index in [1.165, 1.54) is 0 Å². The molecule has 3 heteroatoms. The normalized spacial score (nSPS) is 28.1. The molecular weight excluding hydrogens is 226 g/mol. The van der Waals surface area contributed by atoms with Gasteiger partial charge in [-0.25, -0.2) is 0 Å². The van der Waals surface area contributed by atoms with Gasteiger partial charge in [0.05, 0.1) is 0 Å². The lowest BCUT2D eigenvalue weighted by atomic mass is 9.95. The predicted octanol–water partition coefficient (Wildman–Crippen LogP) is 2.93. The number of carbonyl (C=O) groups is 2. The van der Waals surface area contributed by atoms with Gasteiger partial charge in [-0.05, 0) is 32.1 Å². The van der Waals surface area contributed by atoms with Crippen LogP contribution in [0.4, 0.5) is 0 Å². The van der Waals surface area contributed by atoms with Crippen LogP contribution in [0.25, 0.3) is 0 Å².